The van der Waals surface area contributed by atoms with Gasteiger partial charge in [-0.1, -0.05) is 18.2 Å². The van der Waals surface area contributed by atoms with E-state index in [1.807, 2.05) is 0 Å². The van der Waals surface area contributed by atoms with Crippen molar-refractivity contribution in [3.8, 4) is 0 Å². The van der Waals surface area contributed by atoms with Crippen LogP contribution in [0.3, 0.4) is 0 Å². The van der Waals surface area contributed by atoms with Gasteiger partial charge in [-0.2, -0.15) is 4.31 Å². The second-order valence-electron chi connectivity index (χ2n) is 5.32. The lowest BCUT2D eigenvalue weighted by Gasteiger charge is -2.32. The molecular formula is C16H14F3NO3S. The van der Waals surface area contributed by atoms with Crippen molar-refractivity contribution in [1.82, 2.24) is 4.31 Å². The zero-order valence-electron chi connectivity index (χ0n) is 12.5. The van der Waals surface area contributed by atoms with E-state index in [9.17, 15) is 21.6 Å². The SMILES string of the molecule is O=S(=O)(c1c(F)cccc1F)N1CCOC(c2ccc(F)cc2)C1. The molecule has 8 heteroatoms. The van der Waals surface area contributed by atoms with E-state index >= 15 is 0 Å². The highest BCUT2D eigenvalue weighted by molar-refractivity contribution is 7.89. The normalized spacial score (nSPS) is 19.4. The maximum atomic E-state index is 13.8. The zero-order valence-corrected chi connectivity index (χ0v) is 13.3. The van der Waals surface area contributed by atoms with Crippen LogP contribution < -0.4 is 0 Å². The number of hydrogen-bond donors (Lipinski definition) is 0. The number of benzene rings is 2. The molecule has 4 nitrogen and oxygen atoms in total. The second kappa shape index (κ2) is 6.54. The van der Waals surface area contributed by atoms with E-state index in [1.165, 1.54) is 24.3 Å². The Balaban J connectivity index is 1.90. The van der Waals surface area contributed by atoms with Crippen molar-refractivity contribution in [3.63, 3.8) is 0 Å². The van der Waals surface area contributed by atoms with Crippen LogP contribution >= 0.6 is 0 Å². The number of rotatable bonds is 3. The van der Waals surface area contributed by atoms with Crippen LogP contribution in [0.25, 0.3) is 0 Å². The van der Waals surface area contributed by atoms with Crippen molar-refractivity contribution >= 4 is 10.0 Å². The van der Waals surface area contributed by atoms with Gasteiger partial charge in [0.2, 0.25) is 10.0 Å². The minimum atomic E-state index is -4.34. The first-order valence-corrected chi connectivity index (χ1v) is 8.65. The van der Waals surface area contributed by atoms with Gasteiger partial charge < -0.3 is 4.74 Å². The molecule has 3 rings (SSSR count). The molecule has 1 aliphatic heterocycles. The van der Waals surface area contributed by atoms with E-state index in [-0.39, 0.29) is 19.7 Å². The fourth-order valence-corrected chi connectivity index (χ4v) is 4.11. The quantitative estimate of drug-likeness (QED) is 0.849. The van der Waals surface area contributed by atoms with E-state index in [0.717, 1.165) is 22.5 Å². The van der Waals surface area contributed by atoms with E-state index in [2.05, 4.69) is 0 Å². The van der Waals surface area contributed by atoms with Crippen LogP contribution in [0.5, 0.6) is 0 Å². The third-order valence-electron chi connectivity index (χ3n) is 3.79. The van der Waals surface area contributed by atoms with Gasteiger partial charge in [-0.25, -0.2) is 21.6 Å². The Morgan fingerprint density at radius 1 is 1.00 bits per heavy atom. The molecule has 1 saturated heterocycles. The first-order chi connectivity index (χ1) is 11.4. The number of morpholine rings is 1. The summed E-state index contributed by atoms with van der Waals surface area (Å²) in [5, 5.41) is 0. The fourth-order valence-electron chi connectivity index (χ4n) is 2.58. The molecule has 0 N–H and O–H groups in total. The molecule has 24 heavy (non-hydrogen) atoms. The second-order valence-corrected chi connectivity index (χ2v) is 7.20. The zero-order chi connectivity index (χ0) is 17.3. The molecule has 2 aromatic carbocycles. The topological polar surface area (TPSA) is 46.6 Å². The number of sulfonamides is 1. The third-order valence-corrected chi connectivity index (χ3v) is 5.71. The van der Waals surface area contributed by atoms with Gasteiger partial charge in [0.25, 0.3) is 0 Å². The van der Waals surface area contributed by atoms with Crippen molar-refractivity contribution < 1.29 is 26.3 Å². The maximum absolute atomic E-state index is 13.8. The van der Waals surface area contributed by atoms with Crippen molar-refractivity contribution in [2.75, 3.05) is 19.7 Å². The Bertz CT molecular complexity index is 820. The summed E-state index contributed by atoms with van der Waals surface area (Å²) in [6.07, 6.45) is -0.635. The summed E-state index contributed by atoms with van der Waals surface area (Å²) in [6, 6.07) is 8.34. The molecule has 0 amide bonds. The van der Waals surface area contributed by atoms with Crippen LogP contribution in [0, 0.1) is 17.5 Å². The number of hydrogen-bond acceptors (Lipinski definition) is 3. The van der Waals surface area contributed by atoms with Crippen LogP contribution in [-0.2, 0) is 14.8 Å². The third kappa shape index (κ3) is 3.17. The van der Waals surface area contributed by atoms with Crippen LogP contribution in [-0.4, -0.2) is 32.4 Å². The lowest BCUT2D eigenvalue weighted by atomic mass is 10.1. The number of nitrogens with zero attached hydrogens (tertiary/aromatic N) is 1. The van der Waals surface area contributed by atoms with Crippen molar-refractivity contribution in [3.05, 3.63) is 65.5 Å². The fraction of sp³-hybridized carbons (Fsp3) is 0.250. The van der Waals surface area contributed by atoms with Gasteiger partial charge in [0.15, 0.2) is 4.90 Å². The highest BCUT2D eigenvalue weighted by atomic mass is 32.2. The molecule has 1 aliphatic rings. The summed E-state index contributed by atoms with van der Waals surface area (Å²) in [7, 11) is -4.34. The lowest BCUT2D eigenvalue weighted by Crippen LogP contribution is -2.42. The Kier molecular flexibility index (Phi) is 4.62. The largest absolute Gasteiger partial charge is 0.371 e. The first kappa shape index (κ1) is 16.9. The van der Waals surface area contributed by atoms with Gasteiger partial charge in [0.1, 0.15) is 17.5 Å². The van der Waals surface area contributed by atoms with Crippen LogP contribution in [0.2, 0.25) is 0 Å². The molecule has 2 aromatic rings. The number of ether oxygens (including phenoxy) is 1. The molecule has 1 unspecified atom stereocenters. The minimum Gasteiger partial charge on any atom is -0.371 e. The molecular weight excluding hydrogens is 343 g/mol. The molecule has 0 aliphatic carbocycles. The van der Waals surface area contributed by atoms with Gasteiger partial charge in [0.05, 0.1) is 12.7 Å². The molecule has 0 aromatic heterocycles. The molecule has 0 bridgehead atoms. The average molecular weight is 357 g/mol. The van der Waals surface area contributed by atoms with Crippen LogP contribution in [0.15, 0.2) is 47.4 Å². The summed E-state index contributed by atoms with van der Waals surface area (Å²) < 4.78 is 72.4. The van der Waals surface area contributed by atoms with E-state index in [0.29, 0.717) is 5.56 Å². The van der Waals surface area contributed by atoms with E-state index in [1.54, 1.807) is 0 Å². The monoisotopic (exact) mass is 357 g/mol. The lowest BCUT2D eigenvalue weighted by molar-refractivity contribution is -0.00270. The summed E-state index contributed by atoms with van der Waals surface area (Å²) in [5.41, 5.74) is 0.588. The molecule has 1 heterocycles. The summed E-state index contributed by atoms with van der Waals surface area (Å²) in [5.74, 6) is -2.70. The van der Waals surface area contributed by atoms with E-state index in [4.69, 9.17) is 4.74 Å². The van der Waals surface area contributed by atoms with Crippen LogP contribution in [0.1, 0.15) is 11.7 Å². The van der Waals surface area contributed by atoms with Crippen molar-refractivity contribution in [1.29, 1.82) is 0 Å². The molecule has 1 atom stereocenters. The predicted molar refractivity (Wildman–Crippen MR) is 80.2 cm³/mol. The van der Waals surface area contributed by atoms with Gasteiger partial charge >= 0.3 is 0 Å². The summed E-state index contributed by atoms with van der Waals surface area (Å²) >= 11 is 0. The van der Waals surface area contributed by atoms with Crippen LogP contribution in [0.4, 0.5) is 13.2 Å². The minimum absolute atomic E-state index is 0.0200. The Hall–Kier alpha value is -1.90. The van der Waals surface area contributed by atoms with Gasteiger partial charge in [-0.15, -0.1) is 0 Å². The van der Waals surface area contributed by atoms with Gasteiger partial charge in [-0.05, 0) is 29.8 Å². The Morgan fingerprint density at radius 3 is 2.25 bits per heavy atom. The smallest absolute Gasteiger partial charge is 0.249 e. The molecule has 1 fully saturated rings. The molecule has 0 radical (unpaired) electrons. The molecule has 0 spiro atoms. The summed E-state index contributed by atoms with van der Waals surface area (Å²) in [4.78, 5) is -0.968. The highest BCUT2D eigenvalue weighted by Crippen LogP contribution is 2.28. The first-order valence-electron chi connectivity index (χ1n) is 7.21. The molecule has 128 valence electrons. The van der Waals surface area contributed by atoms with Gasteiger partial charge in [-0.3, -0.25) is 0 Å². The highest BCUT2D eigenvalue weighted by Gasteiger charge is 2.35. The maximum Gasteiger partial charge on any atom is 0.249 e. The number of halogens is 3. The standard InChI is InChI=1S/C16H14F3NO3S/c17-12-6-4-11(5-7-12)15-10-20(8-9-23-15)24(21,22)16-13(18)2-1-3-14(16)19/h1-7,15H,8-10H2. The van der Waals surface area contributed by atoms with Gasteiger partial charge in [0, 0.05) is 13.1 Å². The summed E-state index contributed by atoms with van der Waals surface area (Å²) in [6.45, 7) is -0.0626. The van der Waals surface area contributed by atoms with Crippen molar-refractivity contribution in [2.24, 2.45) is 0 Å². The Labute approximate surface area is 137 Å². The average Bonchev–Trinajstić information content (AvgIpc) is 2.55. The molecule has 0 saturated carbocycles. The Morgan fingerprint density at radius 2 is 1.62 bits per heavy atom. The predicted octanol–water partition coefficient (Wildman–Crippen LogP) is 2.87. The van der Waals surface area contributed by atoms with Crippen molar-refractivity contribution in [2.45, 2.75) is 11.0 Å². The van der Waals surface area contributed by atoms with E-state index < -0.39 is 38.5 Å².